The van der Waals surface area contributed by atoms with Crippen LogP contribution in [0.1, 0.15) is 25.7 Å². The fourth-order valence-electron chi connectivity index (χ4n) is 2.36. The molecule has 0 heterocycles. The van der Waals surface area contributed by atoms with E-state index >= 15 is 0 Å². The first-order valence-electron chi connectivity index (χ1n) is 6.64. The van der Waals surface area contributed by atoms with Gasteiger partial charge in [-0.1, -0.05) is 12.1 Å². The van der Waals surface area contributed by atoms with Crippen molar-refractivity contribution in [1.82, 2.24) is 0 Å². The number of nitrogens with two attached hydrogens (primary N) is 1. The number of aliphatic hydroxyl groups is 1. The summed E-state index contributed by atoms with van der Waals surface area (Å²) < 4.78 is 6.52. The van der Waals surface area contributed by atoms with Gasteiger partial charge in [-0.25, -0.2) is 0 Å². The van der Waals surface area contributed by atoms with Crippen molar-refractivity contribution in [3.63, 3.8) is 0 Å². The summed E-state index contributed by atoms with van der Waals surface area (Å²) in [6.45, 7) is 1.08. The van der Waals surface area contributed by atoms with E-state index in [0.29, 0.717) is 12.6 Å². The van der Waals surface area contributed by atoms with Crippen molar-refractivity contribution >= 4 is 15.9 Å². The van der Waals surface area contributed by atoms with E-state index in [-0.39, 0.29) is 0 Å². The van der Waals surface area contributed by atoms with Crippen molar-refractivity contribution in [2.75, 3.05) is 13.2 Å². The van der Waals surface area contributed by atoms with Gasteiger partial charge in [0.1, 0.15) is 25.0 Å². The van der Waals surface area contributed by atoms with Gasteiger partial charge in [-0.2, -0.15) is 0 Å². The fraction of sp³-hybridized carbons (Fsp3) is 0.571. The predicted octanol–water partition coefficient (Wildman–Crippen LogP) is 1.69. The zero-order valence-corrected chi connectivity index (χ0v) is 12.1. The van der Waals surface area contributed by atoms with E-state index in [1.165, 1.54) is 25.7 Å². The Morgan fingerprint density at radius 1 is 1.33 bits per heavy atom. The minimum Gasteiger partial charge on any atom is -0.489 e. The number of benzene rings is 1. The van der Waals surface area contributed by atoms with Gasteiger partial charge < -0.3 is 15.2 Å². The normalized spacial score (nSPS) is 17.9. The van der Waals surface area contributed by atoms with Crippen LogP contribution < -0.4 is 10.1 Å². The third-order valence-electron chi connectivity index (χ3n) is 3.41. The summed E-state index contributed by atoms with van der Waals surface area (Å²) in [5.74, 6) is 0.789. The van der Waals surface area contributed by atoms with Crippen molar-refractivity contribution in [1.29, 1.82) is 0 Å². The highest BCUT2D eigenvalue weighted by Crippen LogP contribution is 2.23. The molecule has 0 aliphatic heterocycles. The van der Waals surface area contributed by atoms with Gasteiger partial charge in [0, 0.05) is 0 Å². The molecule has 0 radical (unpaired) electrons. The highest BCUT2D eigenvalue weighted by atomic mass is 79.9. The molecule has 3 nitrogen and oxygen atoms in total. The van der Waals surface area contributed by atoms with Gasteiger partial charge in [0.2, 0.25) is 0 Å². The highest BCUT2D eigenvalue weighted by molar-refractivity contribution is 9.10. The Bertz CT molecular complexity index is 367. The van der Waals surface area contributed by atoms with Crippen LogP contribution in [0.4, 0.5) is 0 Å². The third-order valence-corrected chi connectivity index (χ3v) is 4.06. The maximum Gasteiger partial charge on any atom is 0.137 e. The summed E-state index contributed by atoms with van der Waals surface area (Å²) in [4.78, 5) is 0. The van der Waals surface area contributed by atoms with Crippen molar-refractivity contribution in [2.45, 2.75) is 37.8 Å². The number of hydrogen-bond acceptors (Lipinski definition) is 2. The molecule has 0 unspecified atom stereocenters. The lowest BCUT2D eigenvalue weighted by Crippen LogP contribution is -2.91. The zero-order valence-electron chi connectivity index (χ0n) is 10.5. The molecule has 0 spiro atoms. The number of quaternary nitrogens is 1. The number of rotatable bonds is 6. The molecule has 0 aromatic heterocycles. The molecule has 1 aromatic carbocycles. The van der Waals surface area contributed by atoms with E-state index in [0.717, 1.165) is 16.8 Å². The summed E-state index contributed by atoms with van der Waals surface area (Å²) in [6.07, 6.45) is 4.85. The second-order valence-electron chi connectivity index (χ2n) is 4.91. The van der Waals surface area contributed by atoms with Crippen LogP contribution in [0.25, 0.3) is 0 Å². The largest absolute Gasteiger partial charge is 0.489 e. The van der Waals surface area contributed by atoms with Crippen LogP contribution in [0.5, 0.6) is 5.75 Å². The Balaban J connectivity index is 1.68. The molecule has 0 amide bonds. The van der Waals surface area contributed by atoms with Crippen LogP contribution in [0, 0.1) is 0 Å². The Morgan fingerprint density at radius 3 is 2.78 bits per heavy atom. The Kier molecular flexibility index (Phi) is 5.47. The predicted molar refractivity (Wildman–Crippen MR) is 74.7 cm³/mol. The Morgan fingerprint density at radius 2 is 2.06 bits per heavy atom. The molecule has 1 saturated carbocycles. The molecule has 0 saturated heterocycles. The molecular formula is C14H21BrNO2+. The summed E-state index contributed by atoms with van der Waals surface area (Å²) in [7, 11) is 0. The standard InChI is InChI=1S/C14H20BrNO2/c15-13-7-3-4-8-14(13)18-10-12(17)9-16-11-5-1-2-6-11/h3-4,7-8,11-12,16-17H,1-2,5-6,9-10H2/p+1/t12-/m1/s1. The minimum atomic E-state index is -0.405. The molecule has 18 heavy (non-hydrogen) atoms. The number of aliphatic hydroxyl groups excluding tert-OH is 1. The van der Waals surface area contributed by atoms with E-state index < -0.39 is 6.10 Å². The van der Waals surface area contributed by atoms with E-state index in [4.69, 9.17) is 4.74 Å². The number of halogens is 1. The number of ether oxygens (including phenoxy) is 1. The number of hydrogen-bond donors (Lipinski definition) is 2. The van der Waals surface area contributed by atoms with Gasteiger partial charge in [-0.05, 0) is 53.7 Å². The molecule has 2 rings (SSSR count). The van der Waals surface area contributed by atoms with Crippen molar-refractivity contribution in [3.8, 4) is 5.75 Å². The van der Waals surface area contributed by atoms with E-state index in [9.17, 15) is 5.11 Å². The third kappa shape index (κ3) is 4.26. The quantitative estimate of drug-likeness (QED) is 0.839. The molecular weight excluding hydrogens is 294 g/mol. The van der Waals surface area contributed by atoms with E-state index in [1.807, 2.05) is 24.3 Å². The Hall–Kier alpha value is -0.580. The maximum absolute atomic E-state index is 9.89. The van der Waals surface area contributed by atoms with Gasteiger partial charge in [-0.15, -0.1) is 0 Å². The van der Waals surface area contributed by atoms with Crippen LogP contribution in [0.2, 0.25) is 0 Å². The molecule has 0 bridgehead atoms. The molecule has 1 aromatic rings. The lowest BCUT2D eigenvalue weighted by molar-refractivity contribution is -0.693. The number of para-hydroxylation sites is 1. The zero-order chi connectivity index (χ0) is 12.8. The summed E-state index contributed by atoms with van der Waals surface area (Å²) in [5.41, 5.74) is 0. The van der Waals surface area contributed by atoms with Crippen LogP contribution in [0.3, 0.4) is 0 Å². The average molecular weight is 315 g/mol. The first-order chi connectivity index (χ1) is 8.75. The topological polar surface area (TPSA) is 46.1 Å². The average Bonchev–Trinajstić information content (AvgIpc) is 2.88. The Labute approximate surface area is 117 Å². The van der Waals surface area contributed by atoms with Crippen molar-refractivity contribution in [2.24, 2.45) is 0 Å². The van der Waals surface area contributed by atoms with E-state index in [1.54, 1.807) is 0 Å². The SMILES string of the molecule is O[C@H](C[NH2+]C1CCCC1)COc1ccccc1Br. The smallest absolute Gasteiger partial charge is 0.137 e. The van der Waals surface area contributed by atoms with Crippen molar-refractivity contribution in [3.05, 3.63) is 28.7 Å². The lowest BCUT2D eigenvalue weighted by Gasteiger charge is -2.14. The monoisotopic (exact) mass is 314 g/mol. The van der Waals surface area contributed by atoms with Gasteiger partial charge in [0.25, 0.3) is 0 Å². The highest BCUT2D eigenvalue weighted by Gasteiger charge is 2.19. The van der Waals surface area contributed by atoms with Gasteiger partial charge >= 0.3 is 0 Å². The first-order valence-corrected chi connectivity index (χ1v) is 7.43. The van der Waals surface area contributed by atoms with Crippen LogP contribution in [-0.4, -0.2) is 30.4 Å². The lowest BCUT2D eigenvalue weighted by atomic mass is 10.2. The van der Waals surface area contributed by atoms with Crippen LogP contribution >= 0.6 is 15.9 Å². The molecule has 1 atom stereocenters. The first kappa shape index (κ1) is 13.8. The fourth-order valence-corrected chi connectivity index (χ4v) is 2.76. The molecule has 3 N–H and O–H groups in total. The summed E-state index contributed by atoms with van der Waals surface area (Å²) in [5, 5.41) is 12.2. The van der Waals surface area contributed by atoms with E-state index in [2.05, 4.69) is 21.2 Å². The molecule has 100 valence electrons. The van der Waals surface area contributed by atoms with Crippen LogP contribution in [0.15, 0.2) is 28.7 Å². The van der Waals surface area contributed by atoms with Gasteiger partial charge in [0.05, 0.1) is 10.5 Å². The van der Waals surface area contributed by atoms with Crippen molar-refractivity contribution < 1.29 is 15.2 Å². The maximum atomic E-state index is 9.89. The van der Waals surface area contributed by atoms with Gasteiger partial charge in [0.15, 0.2) is 0 Å². The molecule has 1 aliphatic carbocycles. The molecule has 1 aliphatic rings. The minimum absolute atomic E-state index is 0.353. The molecule has 1 fully saturated rings. The van der Waals surface area contributed by atoms with Crippen LogP contribution in [-0.2, 0) is 0 Å². The second kappa shape index (κ2) is 7.12. The second-order valence-corrected chi connectivity index (χ2v) is 5.77. The van der Waals surface area contributed by atoms with Gasteiger partial charge in [-0.3, -0.25) is 0 Å². The molecule has 4 heteroatoms. The summed E-state index contributed by atoms with van der Waals surface area (Å²) in [6, 6.07) is 8.42. The summed E-state index contributed by atoms with van der Waals surface area (Å²) >= 11 is 3.42.